The summed E-state index contributed by atoms with van der Waals surface area (Å²) in [4.78, 5) is 25.4. The Hall–Kier alpha value is -3.09. The van der Waals surface area contributed by atoms with Crippen LogP contribution in [0.3, 0.4) is 0 Å². The zero-order chi connectivity index (χ0) is 23.0. The highest BCUT2D eigenvalue weighted by atomic mass is 19.1. The Bertz CT molecular complexity index is 884. The van der Waals surface area contributed by atoms with Gasteiger partial charge in [-0.3, -0.25) is 9.59 Å². The second kappa shape index (κ2) is 11.3. The summed E-state index contributed by atoms with van der Waals surface area (Å²) in [5.74, 6) is -0.0292. The largest absolute Gasteiger partial charge is 0.490 e. The van der Waals surface area contributed by atoms with E-state index >= 15 is 0 Å². The van der Waals surface area contributed by atoms with Gasteiger partial charge in [0.1, 0.15) is 11.9 Å². The number of benzene rings is 2. The maximum atomic E-state index is 13.1. The minimum atomic E-state index is -0.742. The Morgan fingerprint density at radius 2 is 1.52 bits per heavy atom. The molecule has 2 atom stereocenters. The monoisotopic (exact) mass is 430 g/mol. The van der Waals surface area contributed by atoms with Gasteiger partial charge < -0.3 is 20.1 Å². The summed E-state index contributed by atoms with van der Waals surface area (Å²) in [6.07, 6.45) is 0. The molecule has 0 spiro atoms. The van der Waals surface area contributed by atoms with Gasteiger partial charge in [0.25, 0.3) is 5.91 Å². The first-order valence-electron chi connectivity index (χ1n) is 10.5. The van der Waals surface area contributed by atoms with Crippen LogP contribution in [0.15, 0.2) is 42.5 Å². The van der Waals surface area contributed by atoms with Crippen LogP contribution in [0.25, 0.3) is 0 Å². The van der Waals surface area contributed by atoms with Crippen LogP contribution in [0, 0.1) is 11.7 Å². The zero-order valence-corrected chi connectivity index (χ0v) is 18.7. The van der Waals surface area contributed by atoms with Crippen LogP contribution in [0.5, 0.6) is 11.5 Å². The number of rotatable bonds is 10. The van der Waals surface area contributed by atoms with Gasteiger partial charge in [0.2, 0.25) is 5.91 Å². The first-order chi connectivity index (χ1) is 14.8. The molecule has 0 aliphatic rings. The van der Waals surface area contributed by atoms with Gasteiger partial charge in [-0.2, -0.15) is 0 Å². The first kappa shape index (κ1) is 24.2. The summed E-state index contributed by atoms with van der Waals surface area (Å²) in [5, 5.41) is 5.70. The molecular weight excluding hydrogens is 399 g/mol. The molecule has 0 heterocycles. The SMILES string of the molecule is CCOc1ccc(C(C)NC(=O)C(NC(=O)c2ccc(F)cc2)C(C)C)cc1OCC. The number of ether oxygens (including phenoxy) is 2. The quantitative estimate of drug-likeness (QED) is 0.591. The smallest absolute Gasteiger partial charge is 0.251 e. The van der Waals surface area contributed by atoms with Crippen LogP contribution in [0.2, 0.25) is 0 Å². The standard InChI is InChI=1S/C24H31FN2O4/c1-6-30-20-13-10-18(14-21(20)31-7-2)16(5)26-24(29)22(15(3)4)27-23(28)17-8-11-19(25)12-9-17/h8-16,22H,6-7H2,1-5H3,(H,26,29)(H,27,28). The second-order valence-electron chi connectivity index (χ2n) is 7.50. The fourth-order valence-electron chi connectivity index (χ4n) is 3.08. The maximum Gasteiger partial charge on any atom is 0.251 e. The van der Waals surface area contributed by atoms with Gasteiger partial charge in [0.15, 0.2) is 11.5 Å². The van der Waals surface area contributed by atoms with Gasteiger partial charge in [-0.05, 0) is 68.7 Å². The summed E-state index contributed by atoms with van der Waals surface area (Å²) in [6.45, 7) is 10.4. The van der Waals surface area contributed by atoms with Gasteiger partial charge in [-0.25, -0.2) is 4.39 Å². The lowest BCUT2D eigenvalue weighted by molar-refractivity contribution is -0.124. The van der Waals surface area contributed by atoms with Crippen molar-refractivity contribution in [2.24, 2.45) is 5.92 Å². The molecule has 2 aromatic rings. The Labute approximate surface area is 183 Å². The van der Waals surface area contributed by atoms with Crippen LogP contribution in [-0.2, 0) is 4.79 Å². The van der Waals surface area contributed by atoms with E-state index in [1.54, 1.807) is 0 Å². The van der Waals surface area contributed by atoms with Crippen molar-refractivity contribution in [2.75, 3.05) is 13.2 Å². The van der Waals surface area contributed by atoms with Crippen molar-refractivity contribution in [3.8, 4) is 11.5 Å². The number of hydrogen-bond acceptors (Lipinski definition) is 4. The highest BCUT2D eigenvalue weighted by Crippen LogP contribution is 2.30. The highest BCUT2D eigenvalue weighted by molar-refractivity contribution is 5.97. The molecular formula is C24H31FN2O4. The summed E-state index contributed by atoms with van der Waals surface area (Å²) in [5.41, 5.74) is 1.15. The molecule has 0 saturated heterocycles. The summed E-state index contributed by atoms with van der Waals surface area (Å²) < 4.78 is 24.4. The van der Waals surface area contributed by atoms with Crippen molar-refractivity contribution in [1.82, 2.24) is 10.6 Å². The number of carbonyl (C=O) groups is 2. The fraction of sp³-hybridized carbons (Fsp3) is 0.417. The molecule has 0 aliphatic heterocycles. The Morgan fingerprint density at radius 1 is 0.903 bits per heavy atom. The zero-order valence-electron chi connectivity index (χ0n) is 18.7. The van der Waals surface area contributed by atoms with Crippen molar-refractivity contribution in [1.29, 1.82) is 0 Å². The topological polar surface area (TPSA) is 76.7 Å². The van der Waals surface area contributed by atoms with Crippen LogP contribution in [-0.4, -0.2) is 31.1 Å². The summed E-state index contributed by atoms with van der Waals surface area (Å²) in [7, 11) is 0. The van der Waals surface area contributed by atoms with Crippen LogP contribution in [0.1, 0.15) is 56.6 Å². The van der Waals surface area contributed by atoms with Gasteiger partial charge in [-0.15, -0.1) is 0 Å². The molecule has 0 saturated carbocycles. The molecule has 0 aliphatic carbocycles. The van der Waals surface area contributed by atoms with E-state index in [2.05, 4.69) is 10.6 Å². The average molecular weight is 431 g/mol. The van der Waals surface area contributed by atoms with Gasteiger partial charge in [0, 0.05) is 5.56 Å². The van der Waals surface area contributed by atoms with E-state index in [-0.39, 0.29) is 17.9 Å². The molecule has 31 heavy (non-hydrogen) atoms. The molecule has 2 amide bonds. The van der Waals surface area contributed by atoms with E-state index < -0.39 is 17.8 Å². The van der Waals surface area contributed by atoms with Gasteiger partial charge in [-0.1, -0.05) is 19.9 Å². The number of nitrogens with one attached hydrogen (secondary N) is 2. The average Bonchev–Trinajstić information content (AvgIpc) is 2.73. The molecule has 0 radical (unpaired) electrons. The van der Waals surface area contributed by atoms with E-state index in [1.165, 1.54) is 24.3 Å². The first-order valence-corrected chi connectivity index (χ1v) is 10.5. The number of carbonyl (C=O) groups excluding carboxylic acids is 2. The van der Waals surface area contributed by atoms with Gasteiger partial charge in [0.05, 0.1) is 19.3 Å². The van der Waals surface area contributed by atoms with Gasteiger partial charge >= 0.3 is 0 Å². The predicted molar refractivity (Wildman–Crippen MR) is 118 cm³/mol. The van der Waals surface area contributed by atoms with Crippen molar-refractivity contribution in [3.05, 3.63) is 59.4 Å². The lowest BCUT2D eigenvalue weighted by Gasteiger charge is -2.24. The second-order valence-corrected chi connectivity index (χ2v) is 7.50. The molecule has 0 bridgehead atoms. The third kappa shape index (κ3) is 6.70. The number of halogens is 1. The van der Waals surface area contributed by atoms with Crippen molar-refractivity contribution >= 4 is 11.8 Å². The Kier molecular flexibility index (Phi) is 8.85. The van der Waals surface area contributed by atoms with E-state index in [9.17, 15) is 14.0 Å². The predicted octanol–water partition coefficient (Wildman–Crippen LogP) is 4.25. The third-order valence-corrected chi connectivity index (χ3v) is 4.77. The summed E-state index contributed by atoms with van der Waals surface area (Å²) >= 11 is 0. The van der Waals surface area contributed by atoms with E-state index in [4.69, 9.17) is 9.47 Å². The lowest BCUT2D eigenvalue weighted by atomic mass is 10.0. The normalized spacial score (nSPS) is 12.7. The minimum absolute atomic E-state index is 0.143. The molecule has 2 rings (SSSR count). The Balaban J connectivity index is 2.11. The minimum Gasteiger partial charge on any atom is -0.490 e. The Morgan fingerprint density at radius 3 is 2.10 bits per heavy atom. The molecule has 0 fully saturated rings. The van der Waals surface area contributed by atoms with Crippen molar-refractivity contribution in [2.45, 2.75) is 46.7 Å². The lowest BCUT2D eigenvalue weighted by Crippen LogP contribution is -2.50. The molecule has 2 N–H and O–H groups in total. The highest BCUT2D eigenvalue weighted by Gasteiger charge is 2.26. The maximum absolute atomic E-state index is 13.1. The van der Waals surface area contributed by atoms with Crippen LogP contribution >= 0.6 is 0 Å². The molecule has 0 aromatic heterocycles. The molecule has 6 nitrogen and oxygen atoms in total. The molecule has 2 aromatic carbocycles. The summed E-state index contributed by atoms with van der Waals surface area (Å²) in [6, 6.07) is 9.69. The van der Waals surface area contributed by atoms with Crippen molar-refractivity contribution in [3.63, 3.8) is 0 Å². The van der Waals surface area contributed by atoms with E-state index in [0.29, 0.717) is 30.3 Å². The van der Waals surface area contributed by atoms with E-state index in [1.807, 2.05) is 52.8 Å². The molecule has 7 heteroatoms. The third-order valence-electron chi connectivity index (χ3n) is 4.77. The van der Waals surface area contributed by atoms with Crippen molar-refractivity contribution < 1.29 is 23.5 Å². The van der Waals surface area contributed by atoms with Crippen LogP contribution in [0.4, 0.5) is 4.39 Å². The fourth-order valence-corrected chi connectivity index (χ4v) is 3.08. The number of amides is 2. The number of hydrogen-bond donors (Lipinski definition) is 2. The molecule has 168 valence electrons. The van der Waals surface area contributed by atoms with Crippen LogP contribution < -0.4 is 20.1 Å². The van der Waals surface area contributed by atoms with E-state index in [0.717, 1.165) is 5.56 Å². The molecule has 2 unspecified atom stereocenters.